The molecular weight excluding hydrogens is 448 g/mol. The van der Waals surface area contributed by atoms with Crippen molar-refractivity contribution < 1.29 is 19.1 Å². The second kappa shape index (κ2) is 19.7. The van der Waals surface area contributed by atoms with Gasteiger partial charge in [0.05, 0.1) is 24.4 Å². The van der Waals surface area contributed by atoms with Crippen molar-refractivity contribution in [2.45, 2.75) is 155 Å². The van der Waals surface area contributed by atoms with Crippen LogP contribution in [0, 0.1) is 11.8 Å². The van der Waals surface area contributed by atoms with Gasteiger partial charge in [-0.2, -0.15) is 0 Å². The molecule has 2 saturated carbocycles. The van der Waals surface area contributed by atoms with Crippen molar-refractivity contribution >= 4 is 11.9 Å². The Morgan fingerprint density at radius 3 is 1.19 bits per heavy atom. The Hall–Kier alpha value is -1.32. The summed E-state index contributed by atoms with van der Waals surface area (Å²) >= 11 is 0. The Bertz CT molecular complexity index is 572. The molecule has 0 saturated heterocycles. The van der Waals surface area contributed by atoms with Crippen molar-refractivity contribution in [2.24, 2.45) is 11.8 Å². The van der Waals surface area contributed by atoms with Gasteiger partial charge in [0.25, 0.3) is 0 Å². The summed E-state index contributed by atoms with van der Waals surface area (Å²) in [6, 6.07) is 0. The van der Waals surface area contributed by atoms with E-state index in [1.54, 1.807) is 0 Å². The van der Waals surface area contributed by atoms with Gasteiger partial charge in [0.2, 0.25) is 0 Å². The van der Waals surface area contributed by atoms with E-state index in [1.807, 2.05) is 0 Å². The monoisotopic (exact) mass is 504 g/mol. The predicted molar refractivity (Wildman–Crippen MR) is 149 cm³/mol. The Morgan fingerprint density at radius 2 is 0.833 bits per heavy atom. The normalized spacial score (nSPS) is 18.1. The van der Waals surface area contributed by atoms with Crippen LogP contribution in [0.25, 0.3) is 0 Å². The summed E-state index contributed by atoms with van der Waals surface area (Å²) in [5, 5.41) is 0. The Labute approximate surface area is 222 Å². The number of unbranched alkanes of at least 4 members (excludes halogenated alkanes) is 10. The third-order valence-electron chi connectivity index (χ3n) is 8.22. The molecule has 4 nitrogen and oxygen atoms in total. The summed E-state index contributed by atoms with van der Waals surface area (Å²) in [5.41, 5.74) is 1.39. The van der Waals surface area contributed by atoms with Crippen LogP contribution in [0.3, 0.4) is 0 Å². The molecule has 2 rings (SSSR count). The largest absolute Gasteiger partial charge is 0.462 e. The van der Waals surface area contributed by atoms with Gasteiger partial charge in [-0.05, 0) is 50.4 Å². The van der Waals surface area contributed by atoms with Gasteiger partial charge in [0, 0.05) is 0 Å². The number of rotatable bonds is 18. The quantitative estimate of drug-likeness (QED) is 0.106. The van der Waals surface area contributed by atoms with Gasteiger partial charge in [0.15, 0.2) is 0 Å². The first kappa shape index (κ1) is 30.9. The van der Waals surface area contributed by atoms with Gasteiger partial charge in [-0.1, -0.05) is 117 Å². The molecule has 2 aliphatic rings. The van der Waals surface area contributed by atoms with Gasteiger partial charge in [0.1, 0.15) is 0 Å². The minimum absolute atomic E-state index is 0.148. The van der Waals surface area contributed by atoms with E-state index in [0.29, 0.717) is 24.4 Å². The van der Waals surface area contributed by atoms with Gasteiger partial charge in [-0.15, -0.1) is 0 Å². The van der Waals surface area contributed by atoms with E-state index in [4.69, 9.17) is 9.47 Å². The number of hydrogen-bond acceptors (Lipinski definition) is 4. The standard InChI is InChI=1S/C32H56O4/c1-3-5-7-9-11-19-25-35-31(33)29(27-21-15-13-16-22-27)30(28-23-17-14-18-24-28)32(34)36-26-20-12-10-8-6-4-2/h27-28H,3-26H2,1-2H3. The fourth-order valence-electron chi connectivity index (χ4n) is 6.03. The second-order valence-corrected chi connectivity index (χ2v) is 11.3. The highest BCUT2D eigenvalue weighted by molar-refractivity contribution is 6.01. The fourth-order valence-corrected chi connectivity index (χ4v) is 6.03. The maximum absolute atomic E-state index is 13.6. The first-order valence-electron chi connectivity index (χ1n) is 15.8. The van der Waals surface area contributed by atoms with E-state index in [2.05, 4.69) is 13.8 Å². The van der Waals surface area contributed by atoms with Crippen molar-refractivity contribution in [1.29, 1.82) is 0 Å². The zero-order valence-corrected chi connectivity index (χ0v) is 23.8. The molecule has 36 heavy (non-hydrogen) atoms. The molecule has 0 aromatic heterocycles. The van der Waals surface area contributed by atoms with Crippen LogP contribution in [0.5, 0.6) is 0 Å². The lowest BCUT2D eigenvalue weighted by atomic mass is 9.75. The fraction of sp³-hybridized carbons (Fsp3) is 0.875. The second-order valence-electron chi connectivity index (χ2n) is 11.3. The molecule has 0 aromatic rings. The van der Waals surface area contributed by atoms with E-state index >= 15 is 0 Å². The lowest BCUT2D eigenvalue weighted by Gasteiger charge is -2.30. The highest BCUT2D eigenvalue weighted by Crippen LogP contribution is 2.39. The number of carbonyl (C=O) groups is 2. The van der Waals surface area contributed by atoms with Crippen LogP contribution in [-0.2, 0) is 19.1 Å². The van der Waals surface area contributed by atoms with Crippen molar-refractivity contribution in [3.8, 4) is 0 Å². The van der Waals surface area contributed by atoms with E-state index in [9.17, 15) is 9.59 Å². The molecule has 2 fully saturated rings. The first-order valence-corrected chi connectivity index (χ1v) is 15.8. The molecule has 4 heteroatoms. The molecule has 0 atom stereocenters. The van der Waals surface area contributed by atoms with Crippen molar-refractivity contribution in [2.75, 3.05) is 13.2 Å². The van der Waals surface area contributed by atoms with Crippen LogP contribution >= 0.6 is 0 Å². The molecule has 0 aliphatic heterocycles. The maximum Gasteiger partial charge on any atom is 0.334 e. The lowest BCUT2D eigenvalue weighted by molar-refractivity contribution is -0.143. The van der Waals surface area contributed by atoms with Crippen molar-refractivity contribution in [3.63, 3.8) is 0 Å². The van der Waals surface area contributed by atoms with Crippen LogP contribution in [0.1, 0.15) is 155 Å². The molecule has 0 heterocycles. The molecule has 0 unspecified atom stereocenters. The Balaban J connectivity index is 2.09. The molecule has 0 N–H and O–H groups in total. The smallest absolute Gasteiger partial charge is 0.334 e. The van der Waals surface area contributed by atoms with Gasteiger partial charge in [-0.3, -0.25) is 0 Å². The summed E-state index contributed by atoms with van der Waals surface area (Å²) in [7, 11) is 0. The van der Waals surface area contributed by atoms with Gasteiger partial charge < -0.3 is 9.47 Å². The zero-order chi connectivity index (χ0) is 25.8. The predicted octanol–water partition coefficient (Wildman–Crippen LogP) is 9.25. The minimum Gasteiger partial charge on any atom is -0.462 e. The SMILES string of the molecule is CCCCCCCCOC(=O)C(=C(C(=O)OCCCCCCCC)C1CCCCC1)C1CCCCC1. The summed E-state index contributed by atoms with van der Waals surface area (Å²) < 4.78 is 11.7. The number of esters is 2. The lowest BCUT2D eigenvalue weighted by Crippen LogP contribution is -2.28. The molecule has 0 amide bonds. The maximum atomic E-state index is 13.6. The van der Waals surface area contributed by atoms with Crippen LogP contribution in [0.15, 0.2) is 11.1 Å². The van der Waals surface area contributed by atoms with E-state index in [-0.39, 0.29) is 23.8 Å². The molecule has 0 bridgehead atoms. The zero-order valence-electron chi connectivity index (χ0n) is 23.8. The topological polar surface area (TPSA) is 52.6 Å². The molecule has 0 radical (unpaired) electrons. The highest BCUT2D eigenvalue weighted by Gasteiger charge is 2.35. The summed E-state index contributed by atoms with van der Waals surface area (Å²) in [5.74, 6) is -0.163. The van der Waals surface area contributed by atoms with Crippen LogP contribution in [-0.4, -0.2) is 25.2 Å². The molecular formula is C32H56O4. The Kier molecular flexibility index (Phi) is 16.9. The molecule has 0 spiro atoms. The number of hydrogen-bond donors (Lipinski definition) is 0. The van der Waals surface area contributed by atoms with Crippen molar-refractivity contribution in [1.82, 2.24) is 0 Å². The summed E-state index contributed by atoms with van der Waals surface area (Å²) in [4.78, 5) is 27.1. The molecule has 0 aromatic carbocycles. The first-order chi connectivity index (χ1) is 17.7. The highest BCUT2D eigenvalue weighted by atomic mass is 16.5. The van der Waals surface area contributed by atoms with E-state index in [1.165, 1.54) is 64.2 Å². The molecule has 208 valence electrons. The third kappa shape index (κ3) is 11.8. The van der Waals surface area contributed by atoms with Crippen LogP contribution in [0.2, 0.25) is 0 Å². The van der Waals surface area contributed by atoms with Crippen LogP contribution in [0.4, 0.5) is 0 Å². The van der Waals surface area contributed by atoms with Crippen molar-refractivity contribution in [3.05, 3.63) is 11.1 Å². The minimum atomic E-state index is -0.229. The summed E-state index contributed by atoms with van der Waals surface area (Å²) in [6.45, 7) is 5.38. The average molecular weight is 505 g/mol. The van der Waals surface area contributed by atoms with Crippen LogP contribution < -0.4 is 0 Å². The van der Waals surface area contributed by atoms with Gasteiger partial charge in [-0.25, -0.2) is 9.59 Å². The number of carbonyl (C=O) groups excluding carboxylic acids is 2. The van der Waals surface area contributed by atoms with Gasteiger partial charge >= 0.3 is 11.9 Å². The molecule has 2 aliphatic carbocycles. The third-order valence-corrected chi connectivity index (χ3v) is 8.22. The van der Waals surface area contributed by atoms with E-state index in [0.717, 1.165) is 77.0 Å². The number of ether oxygens (including phenoxy) is 2. The van der Waals surface area contributed by atoms with E-state index < -0.39 is 0 Å². The summed E-state index contributed by atoms with van der Waals surface area (Å²) in [6.07, 6.45) is 24.9. The average Bonchev–Trinajstić information content (AvgIpc) is 2.91. The Morgan fingerprint density at radius 1 is 0.500 bits per heavy atom.